The Balaban J connectivity index is 2.05. The van der Waals surface area contributed by atoms with Crippen molar-refractivity contribution in [3.05, 3.63) is 29.8 Å². The first-order valence-electron chi connectivity index (χ1n) is 5.33. The highest BCUT2D eigenvalue weighted by molar-refractivity contribution is 5.34. The second-order valence-corrected chi connectivity index (χ2v) is 4.02. The number of ether oxygens (including phenoxy) is 1. The van der Waals surface area contributed by atoms with Gasteiger partial charge >= 0.3 is 0 Å². The SMILES string of the molecule is COc1ccccc1C(O)CC1CNC1. The molecule has 1 heterocycles. The van der Waals surface area contributed by atoms with Crippen LogP contribution in [0.25, 0.3) is 0 Å². The summed E-state index contributed by atoms with van der Waals surface area (Å²) in [5.41, 5.74) is 0.895. The van der Waals surface area contributed by atoms with Crippen molar-refractivity contribution in [3.8, 4) is 5.75 Å². The first kappa shape index (κ1) is 10.5. The van der Waals surface area contributed by atoms with Gasteiger partial charge in [-0.2, -0.15) is 0 Å². The molecule has 0 radical (unpaired) electrons. The first-order valence-corrected chi connectivity index (χ1v) is 5.33. The van der Waals surface area contributed by atoms with Crippen LogP contribution in [-0.4, -0.2) is 25.3 Å². The molecular formula is C12H17NO2. The Bertz CT molecular complexity index is 323. The summed E-state index contributed by atoms with van der Waals surface area (Å²) in [4.78, 5) is 0. The van der Waals surface area contributed by atoms with Crippen LogP contribution in [0.3, 0.4) is 0 Å². The standard InChI is InChI=1S/C12H17NO2/c1-15-12-5-3-2-4-10(12)11(14)6-9-7-13-8-9/h2-5,9,11,13-14H,6-8H2,1H3. The van der Waals surface area contributed by atoms with Crippen LogP contribution in [0.15, 0.2) is 24.3 Å². The van der Waals surface area contributed by atoms with Crippen molar-refractivity contribution < 1.29 is 9.84 Å². The molecule has 2 rings (SSSR count). The summed E-state index contributed by atoms with van der Waals surface area (Å²) in [5, 5.41) is 13.3. The molecule has 2 N–H and O–H groups in total. The summed E-state index contributed by atoms with van der Waals surface area (Å²) in [7, 11) is 1.64. The van der Waals surface area contributed by atoms with Crippen molar-refractivity contribution in [3.63, 3.8) is 0 Å². The zero-order chi connectivity index (χ0) is 10.7. The molecule has 1 atom stereocenters. The van der Waals surface area contributed by atoms with Crippen LogP contribution in [-0.2, 0) is 0 Å². The maximum absolute atomic E-state index is 10.1. The molecule has 82 valence electrons. The molecule has 1 aromatic rings. The molecule has 1 aromatic carbocycles. The molecule has 0 spiro atoms. The third-order valence-corrected chi connectivity index (χ3v) is 2.92. The minimum absolute atomic E-state index is 0.409. The monoisotopic (exact) mass is 207 g/mol. The maximum atomic E-state index is 10.1. The minimum Gasteiger partial charge on any atom is -0.496 e. The van der Waals surface area contributed by atoms with Gasteiger partial charge in [0.15, 0.2) is 0 Å². The summed E-state index contributed by atoms with van der Waals surface area (Å²) in [5.74, 6) is 1.38. The lowest BCUT2D eigenvalue weighted by molar-refractivity contribution is 0.124. The van der Waals surface area contributed by atoms with Crippen molar-refractivity contribution in [2.24, 2.45) is 5.92 Å². The number of para-hydroxylation sites is 1. The van der Waals surface area contributed by atoms with E-state index >= 15 is 0 Å². The summed E-state index contributed by atoms with van der Waals surface area (Å²) >= 11 is 0. The van der Waals surface area contributed by atoms with Crippen LogP contribution in [0, 0.1) is 5.92 Å². The van der Waals surface area contributed by atoms with Gasteiger partial charge in [-0.25, -0.2) is 0 Å². The number of benzene rings is 1. The van der Waals surface area contributed by atoms with Crippen molar-refractivity contribution in [2.75, 3.05) is 20.2 Å². The number of aliphatic hydroxyl groups is 1. The molecule has 1 fully saturated rings. The van der Waals surface area contributed by atoms with Gasteiger partial charge in [-0.15, -0.1) is 0 Å². The van der Waals surface area contributed by atoms with Crippen molar-refractivity contribution >= 4 is 0 Å². The third-order valence-electron chi connectivity index (χ3n) is 2.92. The fourth-order valence-electron chi connectivity index (χ4n) is 1.90. The smallest absolute Gasteiger partial charge is 0.124 e. The number of hydrogen-bond donors (Lipinski definition) is 2. The average molecular weight is 207 g/mol. The minimum atomic E-state index is -0.409. The number of aliphatic hydroxyl groups excluding tert-OH is 1. The Labute approximate surface area is 90.1 Å². The molecule has 0 amide bonds. The third kappa shape index (κ3) is 2.30. The zero-order valence-electron chi connectivity index (χ0n) is 8.94. The fourth-order valence-corrected chi connectivity index (χ4v) is 1.90. The molecule has 1 unspecified atom stereocenters. The summed E-state index contributed by atoms with van der Waals surface area (Å²) in [6.07, 6.45) is 0.404. The van der Waals surface area contributed by atoms with Gasteiger partial charge in [-0.1, -0.05) is 18.2 Å². The van der Waals surface area contributed by atoms with Crippen LogP contribution >= 0.6 is 0 Å². The van der Waals surface area contributed by atoms with E-state index < -0.39 is 6.10 Å². The quantitative estimate of drug-likeness (QED) is 0.782. The van der Waals surface area contributed by atoms with E-state index in [-0.39, 0.29) is 0 Å². The second kappa shape index (κ2) is 4.64. The molecule has 1 aliphatic rings. The van der Waals surface area contributed by atoms with E-state index in [1.165, 1.54) is 0 Å². The van der Waals surface area contributed by atoms with E-state index in [1.807, 2.05) is 24.3 Å². The van der Waals surface area contributed by atoms with Crippen LogP contribution in [0.4, 0.5) is 0 Å². The lowest BCUT2D eigenvalue weighted by atomic mass is 9.92. The molecule has 1 saturated heterocycles. The normalized spacial score (nSPS) is 18.3. The predicted molar refractivity (Wildman–Crippen MR) is 58.9 cm³/mol. The summed E-state index contributed by atoms with van der Waals surface area (Å²) in [6, 6.07) is 7.66. The van der Waals surface area contributed by atoms with Gasteiger partial charge in [0.25, 0.3) is 0 Å². The maximum Gasteiger partial charge on any atom is 0.124 e. The number of nitrogens with one attached hydrogen (secondary N) is 1. The van der Waals surface area contributed by atoms with Gasteiger partial charge in [0.2, 0.25) is 0 Å². The van der Waals surface area contributed by atoms with E-state index in [0.29, 0.717) is 5.92 Å². The lowest BCUT2D eigenvalue weighted by Gasteiger charge is -2.29. The number of hydrogen-bond acceptors (Lipinski definition) is 3. The molecular weight excluding hydrogens is 190 g/mol. The Morgan fingerprint density at radius 3 is 2.80 bits per heavy atom. The summed E-state index contributed by atoms with van der Waals surface area (Å²) in [6.45, 7) is 2.04. The molecule has 0 aromatic heterocycles. The van der Waals surface area contributed by atoms with Crippen molar-refractivity contribution in [2.45, 2.75) is 12.5 Å². The van der Waals surface area contributed by atoms with Crippen LogP contribution in [0.2, 0.25) is 0 Å². The molecule has 0 bridgehead atoms. The number of methoxy groups -OCH3 is 1. The van der Waals surface area contributed by atoms with E-state index in [4.69, 9.17) is 4.74 Å². The Hall–Kier alpha value is -1.06. The predicted octanol–water partition coefficient (Wildman–Crippen LogP) is 1.34. The van der Waals surface area contributed by atoms with Crippen LogP contribution in [0.1, 0.15) is 18.1 Å². The van der Waals surface area contributed by atoms with E-state index in [2.05, 4.69) is 5.32 Å². The van der Waals surface area contributed by atoms with Gasteiger partial charge in [0, 0.05) is 5.56 Å². The second-order valence-electron chi connectivity index (χ2n) is 4.02. The Kier molecular flexibility index (Phi) is 3.23. The lowest BCUT2D eigenvalue weighted by Crippen LogP contribution is -2.42. The highest BCUT2D eigenvalue weighted by Crippen LogP contribution is 2.29. The highest BCUT2D eigenvalue weighted by atomic mass is 16.5. The molecule has 15 heavy (non-hydrogen) atoms. The van der Waals surface area contributed by atoms with Gasteiger partial charge in [0.05, 0.1) is 13.2 Å². The van der Waals surface area contributed by atoms with Gasteiger partial charge < -0.3 is 15.2 Å². The van der Waals surface area contributed by atoms with Gasteiger partial charge in [-0.3, -0.25) is 0 Å². The summed E-state index contributed by atoms with van der Waals surface area (Å²) < 4.78 is 5.22. The topological polar surface area (TPSA) is 41.5 Å². The Morgan fingerprint density at radius 1 is 1.47 bits per heavy atom. The molecule has 1 aliphatic heterocycles. The van der Waals surface area contributed by atoms with Crippen molar-refractivity contribution in [1.29, 1.82) is 0 Å². The van der Waals surface area contributed by atoms with Crippen LogP contribution < -0.4 is 10.1 Å². The highest BCUT2D eigenvalue weighted by Gasteiger charge is 2.22. The fraction of sp³-hybridized carbons (Fsp3) is 0.500. The number of rotatable bonds is 4. The van der Waals surface area contributed by atoms with E-state index in [0.717, 1.165) is 30.8 Å². The molecule has 0 aliphatic carbocycles. The zero-order valence-corrected chi connectivity index (χ0v) is 8.94. The molecule has 0 saturated carbocycles. The average Bonchev–Trinajstić information content (AvgIpc) is 2.23. The molecule has 3 nitrogen and oxygen atoms in total. The first-order chi connectivity index (χ1) is 7.31. The van der Waals surface area contributed by atoms with Crippen molar-refractivity contribution in [1.82, 2.24) is 5.32 Å². The molecule has 3 heteroatoms. The van der Waals surface area contributed by atoms with Crippen LogP contribution in [0.5, 0.6) is 5.75 Å². The van der Waals surface area contributed by atoms with E-state index in [9.17, 15) is 5.11 Å². The van der Waals surface area contributed by atoms with Gasteiger partial charge in [0.1, 0.15) is 5.75 Å². The van der Waals surface area contributed by atoms with Gasteiger partial charge in [-0.05, 0) is 31.5 Å². The Morgan fingerprint density at radius 2 is 2.20 bits per heavy atom. The van der Waals surface area contributed by atoms with E-state index in [1.54, 1.807) is 7.11 Å². The largest absolute Gasteiger partial charge is 0.496 e.